The van der Waals surface area contributed by atoms with Gasteiger partial charge in [0.05, 0.1) is 19.1 Å². The zero-order valence-corrected chi connectivity index (χ0v) is 14.7. The SMILES string of the molecule is COc1cc(Cl)nc2c1nc(NC(=O)CC(C)(C)O)n2C1CCC1. The third-order valence-electron chi connectivity index (χ3n) is 4.09. The van der Waals surface area contributed by atoms with Crippen LogP contribution in [0.5, 0.6) is 5.75 Å². The molecule has 0 spiro atoms. The molecule has 0 saturated heterocycles. The second kappa shape index (κ2) is 6.22. The van der Waals surface area contributed by atoms with Gasteiger partial charge in [-0.05, 0) is 33.1 Å². The number of hydrogen-bond acceptors (Lipinski definition) is 5. The Morgan fingerprint density at radius 3 is 2.75 bits per heavy atom. The van der Waals surface area contributed by atoms with Crippen molar-refractivity contribution in [3.05, 3.63) is 11.2 Å². The van der Waals surface area contributed by atoms with Crippen LogP contribution in [-0.2, 0) is 4.79 Å². The number of pyridine rings is 1. The summed E-state index contributed by atoms with van der Waals surface area (Å²) in [5.74, 6) is 0.626. The minimum atomic E-state index is -1.09. The van der Waals surface area contributed by atoms with E-state index in [-0.39, 0.29) is 18.4 Å². The molecule has 3 rings (SSSR count). The summed E-state index contributed by atoms with van der Waals surface area (Å²) in [6.45, 7) is 3.18. The van der Waals surface area contributed by atoms with Crippen molar-refractivity contribution in [2.45, 2.75) is 51.2 Å². The largest absolute Gasteiger partial charge is 0.494 e. The van der Waals surface area contributed by atoms with Crippen LogP contribution in [0.15, 0.2) is 6.07 Å². The molecular formula is C16H21ClN4O3. The first-order valence-electron chi connectivity index (χ1n) is 7.93. The van der Waals surface area contributed by atoms with E-state index < -0.39 is 5.60 Å². The summed E-state index contributed by atoms with van der Waals surface area (Å²) < 4.78 is 7.25. The van der Waals surface area contributed by atoms with Gasteiger partial charge in [0.2, 0.25) is 11.9 Å². The van der Waals surface area contributed by atoms with Gasteiger partial charge in [-0.1, -0.05) is 11.6 Å². The Bertz CT molecular complexity index is 778. The summed E-state index contributed by atoms with van der Waals surface area (Å²) in [6.07, 6.45) is 3.10. The summed E-state index contributed by atoms with van der Waals surface area (Å²) in [7, 11) is 1.54. The number of methoxy groups -OCH3 is 1. The summed E-state index contributed by atoms with van der Waals surface area (Å²) in [5, 5.41) is 12.9. The van der Waals surface area contributed by atoms with Gasteiger partial charge in [0.25, 0.3) is 0 Å². The Labute approximate surface area is 145 Å². The summed E-state index contributed by atoms with van der Waals surface area (Å²) >= 11 is 6.09. The van der Waals surface area contributed by atoms with Crippen molar-refractivity contribution >= 4 is 34.6 Å². The highest BCUT2D eigenvalue weighted by Gasteiger charge is 2.28. The number of fused-ring (bicyclic) bond motifs is 1. The molecule has 1 saturated carbocycles. The van der Waals surface area contributed by atoms with Crippen LogP contribution >= 0.6 is 11.6 Å². The number of nitrogens with one attached hydrogen (secondary N) is 1. The topological polar surface area (TPSA) is 89.3 Å². The molecule has 130 valence electrons. The molecule has 2 aromatic heterocycles. The molecule has 0 radical (unpaired) electrons. The maximum atomic E-state index is 12.2. The van der Waals surface area contributed by atoms with Crippen LogP contribution in [0.4, 0.5) is 5.95 Å². The number of aliphatic hydroxyl groups is 1. The molecule has 1 fully saturated rings. The van der Waals surface area contributed by atoms with Crippen LogP contribution in [0.1, 0.15) is 45.6 Å². The summed E-state index contributed by atoms with van der Waals surface area (Å²) in [4.78, 5) is 21.1. The first-order chi connectivity index (χ1) is 11.3. The van der Waals surface area contributed by atoms with E-state index in [1.807, 2.05) is 4.57 Å². The Hall–Kier alpha value is -1.86. The molecule has 1 aliphatic carbocycles. The highest BCUT2D eigenvalue weighted by molar-refractivity contribution is 6.30. The van der Waals surface area contributed by atoms with Crippen molar-refractivity contribution in [3.8, 4) is 5.75 Å². The summed E-state index contributed by atoms with van der Waals surface area (Å²) in [5.41, 5.74) is 0.0753. The Morgan fingerprint density at radius 1 is 1.50 bits per heavy atom. The van der Waals surface area contributed by atoms with Gasteiger partial charge < -0.3 is 9.84 Å². The molecule has 2 N–H and O–H groups in total. The molecule has 0 atom stereocenters. The van der Waals surface area contributed by atoms with E-state index in [1.165, 1.54) is 0 Å². The number of imidazole rings is 1. The minimum Gasteiger partial charge on any atom is -0.494 e. The third-order valence-corrected chi connectivity index (χ3v) is 4.28. The second-order valence-corrected chi connectivity index (χ2v) is 7.13. The number of hydrogen-bond donors (Lipinski definition) is 2. The summed E-state index contributed by atoms with van der Waals surface area (Å²) in [6, 6.07) is 1.83. The molecule has 1 amide bonds. The predicted molar refractivity (Wildman–Crippen MR) is 91.5 cm³/mol. The number of carbonyl (C=O) groups excluding carboxylic acids is 1. The van der Waals surface area contributed by atoms with E-state index in [0.717, 1.165) is 19.3 Å². The van der Waals surface area contributed by atoms with Gasteiger partial charge in [-0.15, -0.1) is 0 Å². The lowest BCUT2D eigenvalue weighted by Crippen LogP contribution is -2.29. The van der Waals surface area contributed by atoms with Gasteiger partial charge in [-0.2, -0.15) is 0 Å². The molecule has 0 unspecified atom stereocenters. The molecule has 8 heteroatoms. The van der Waals surface area contributed by atoms with Gasteiger partial charge in [0.1, 0.15) is 5.15 Å². The number of nitrogens with zero attached hydrogens (tertiary/aromatic N) is 3. The van der Waals surface area contributed by atoms with Crippen molar-refractivity contribution < 1.29 is 14.6 Å². The average molecular weight is 353 g/mol. The molecule has 2 heterocycles. The van der Waals surface area contributed by atoms with Crippen molar-refractivity contribution in [1.82, 2.24) is 14.5 Å². The van der Waals surface area contributed by atoms with Crippen LogP contribution in [0.3, 0.4) is 0 Å². The van der Waals surface area contributed by atoms with Crippen LogP contribution in [0, 0.1) is 0 Å². The molecule has 2 aromatic rings. The number of carbonyl (C=O) groups is 1. The smallest absolute Gasteiger partial charge is 0.229 e. The highest BCUT2D eigenvalue weighted by atomic mass is 35.5. The molecule has 24 heavy (non-hydrogen) atoms. The van der Waals surface area contributed by atoms with E-state index in [9.17, 15) is 9.90 Å². The highest BCUT2D eigenvalue weighted by Crippen LogP contribution is 2.39. The lowest BCUT2D eigenvalue weighted by Gasteiger charge is -2.28. The monoisotopic (exact) mass is 352 g/mol. The van der Waals surface area contributed by atoms with Crippen LogP contribution in [0.25, 0.3) is 11.2 Å². The van der Waals surface area contributed by atoms with Gasteiger partial charge in [0, 0.05) is 12.1 Å². The molecule has 0 aromatic carbocycles. The molecule has 0 bridgehead atoms. The maximum absolute atomic E-state index is 12.2. The van der Waals surface area contributed by atoms with E-state index >= 15 is 0 Å². The quantitative estimate of drug-likeness (QED) is 0.807. The fourth-order valence-electron chi connectivity index (χ4n) is 2.80. The second-order valence-electron chi connectivity index (χ2n) is 6.75. The van der Waals surface area contributed by atoms with Gasteiger partial charge >= 0.3 is 0 Å². The fraction of sp³-hybridized carbons (Fsp3) is 0.562. The van der Waals surface area contributed by atoms with Crippen molar-refractivity contribution in [3.63, 3.8) is 0 Å². The zero-order chi connectivity index (χ0) is 17.5. The first kappa shape index (κ1) is 17.0. The molecule has 0 aliphatic heterocycles. The number of anilines is 1. The van der Waals surface area contributed by atoms with Crippen LogP contribution in [0.2, 0.25) is 5.15 Å². The number of aromatic nitrogens is 3. The lowest BCUT2D eigenvalue weighted by molar-refractivity contribution is -0.119. The molecule has 7 nitrogen and oxygen atoms in total. The normalized spacial score (nSPS) is 15.4. The fourth-order valence-corrected chi connectivity index (χ4v) is 2.98. The Balaban J connectivity index is 2.04. The lowest BCUT2D eigenvalue weighted by atomic mass is 9.93. The van der Waals surface area contributed by atoms with Crippen molar-refractivity contribution in [2.75, 3.05) is 12.4 Å². The van der Waals surface area contributed by atoms with Gasteiger partial charge in [-0.3, -0.25) is 14.7 Å². The Morgan fingerprint density at radius 2 is 2.21 bits per heavy atom. The predicted octanol–water partition coefficient (Wildman–Crippen LogP) is 2.92. The van der Waals surface area contributed by atoms with Crippen LogP contribution in [-0.4, -0.2) is 38.3 Å². The van der Waals surface area contributed by atoms with Crippen molar-refractivity contribution in [1.29, 1.82) is 0 Å². The number of rotatable bonds is 5. The number of halogens is 1. The standard InChI is InChI=1S/C16H21ClN4O3/c1-16(2,23)8-12(22)19-15-20-13-10(24-3)7-11(17)18-14(13)21(15)9-5-4-6-9/h7,9,23H,4-6,8H2,1-3H3,(H,19,20,22). The van der Waals surface area contributed by atoms with E-state index in [4.69, 9.17) is 16.3 Å². The first-order valence-corrected chi connectivity index (χ1v) is 8.31. The van der Waals surface area contributed by atoms with E-state index in [2.05, 4.69) is 15.3 Å². The number of ether oxygens (including phenoxy) is 1. The zero-order valence-electron chi connectivity index (χ0n) is 14.0. The van der Waals surface area contributed by atoms with Crippen LogP contribution < -0.4 is 10.1 Å². The van der Waals surface area contributed by atoms with Crippen molar-refractivity contribution in [2.24, 2.45) is 0 Å². The third kappa shape index (κ3) is 3.32. The Kier molecular flexibility index (Phi) is 4.40. The van der Waals surface area contributed by atoms with Gasteiger partial charge in [-0.25, -0.2) is 9.97 Å². The molecule has 1 aliphatic rings. The average Bonchev–Trinajstić information content (AvgIpc) is 2.72. The minimum absolute atomic E-state index is 0.0216. The van der Waals surface area contributed by atoms with Gasteiger partial charge in [0.15, 0.2) is 16.9 Å². The number of amides is 1. The molecular weight excluding hydrogens is 332 g/mol. The van der Waals surface area contributed by atoms with E-state index in [0.29, 0.717) is 28.0 Å². The van der Waals surface area contributed by atoms with E-state index in [1.54, 1.807) is 27.0 Å². The maximum Gasteiger partial charge on any atom is 0.229 e.